The molecule has 0 aromatic heterocycles. The Bertz CT molecular complexity index is 537. The number of nitrogens with zero attached hydrogens (tertiary/aromatic N) is 1. The summed E-state index contributed by atoms with van der Waals surface area (Å²) in [5, 5.41) is 9.35. The third kappa shape index (κ3) is 2.90. The molecule has 0 bridgehead atoms. The number of ether oxygens (including phenoxy) is 2. The van der Waals surface area contributed by atoms with E-state index in [0.717, 1.165) is 31.6 Å². The third-order valence-electron chi connectivity index (χ3n) is 3.87. The number of halogens is 1. The molecule has 2 saturated heterocycles. The quantitative estimate of drug-likeness (QED) is 0.836. The zero-order chi connectivity index (χ0) is 14.0. The number of thioether (sulfide) groups is 1. The molecule has 2 heterocycles. The van der Waals surface area contributed by atoms with Crippen molar-refractivity contribution >= 4 is 23.4 Å². The lowest BCUT2D eigenvalue weighted by Crippen LogP contribution is -2.43. The first-order chi connectivity index (χ1) is 9.71. The molecular weight excluding hydrogens is 294 g/mol. The van der Waals surface area contributed by atoms with Gasteiger partial charge in [-0.25, -0.2) is 0 Å². The van der Waals surface area contributed by atoms with Crippen molar-refractivity contribution in [1.82, 2.24) is 0 Å². The van der Waals surface area contributed by atoms with Gasteiger partial charge in [-0.1, -0.05) is 11.6 Å². The summed E-state index contributed by atoms with van der Waals surface area (Å²) in [7, 11) is 0. The summed E-state index contributed by atoms with van der Waals surface area (Å²) < 4.78 is 12.0. The molecule has 1 spiro atoms. The number of benzene rings is 1. The second-order valence-corrected chi connectivity index (χ2v) is 6.84. The van der Waals surface area contributed by atoms with Crippen molar-refractivity contribution in [3.05, 3.63) is 28.8 Å². The molecule has 0 aliphatic carbocycles. The summed E-state index contributed by atoms with van der Waals surface area (Å²) in [6.45, 7) is 0.749. The van der Waals surface area contributed by atoms with Gasteiger partial charge in [-0.2, -0.15) is 17.0 Å². The summed E-state index contributed by atoms with van der Waals surface area (Å²) in [6, 6.07) is 7.25. The van der Waals surface area contributed by atoms with E-state index in [2.05, 4.69) is 6.07 Å². The van der Waals surface area contributed by atoms with E-state index in [1.54, 1.807) is 18.2 Å². The van der Waals surface area contributed by atoms with Gasteiger partial charge in [0.2, 0.25) is 0 Å². The van der Waals surface area contributed by atoms with Crippen molar-refractivity contribution in [2.75, 3.05) is 18.1 Å². The Balaban J connectivity index is 1.70. The lowest BCUT2D eigenvalue weighted by molar-refractivity contribution is -0.0958. The van der Waals surface area contributed by atoms with Gasteiger partial charge in [0.05, 0.1) is 28.9 Å². The molecule has 2 fully saturated rings. The Kier molecular flexibility index (Phi) is 4.11. The van der Waals surface area contributed by atoms with Crippen LogP contribution in [-0.4, -0.2) is 29.8 Å². The lowest BCUT2D eigenvalue weighted by Gasteiger charge is -2.37. The highest BCUT2D eigenvalue weighted by molar-refractivity contribution is 7.99. The minimum atomic E-state index is 0.00660. The van der Waals surface area contributed by atoms with Crippen LogP contribution in [0.5, 0.6) is 5.75 Å². The van der Waals surface area contributed by atoms with E-state index in [4.69, 9.17) is 26.3 Å². The van der Waals surface area contributed by atoms with Gasteiger partial charge in [0, 0.05) is 18.6 Å². The van der Waals surface area contributed by atoms with E-state index in [9.17, 15) is 0 Å². The van der Waals surface area contributed by atoms with E-state index in [1.807, 2.05) is 11.8 Å². The van der Waals surface area contributed by atoms with Gasteiger partial charge < -0.3 is 9.47 Å². The van der Waals surface area contributed by atoms with Crippen LogP contribution in [0.3, 0.4) is 0 Å². The Labute approximate surface area is 128 Å². The molecule has 1 aromatic carbocycles. The Hall–Kier alpha value is -0.890. The van der Waals surface area contributed by atoms with Crippen molar-refractivity contribution < 1.29 is 9.47 Å². The van der Waals surface area contributed by atoms with Gasteiger partial charge in [-0.15, -0.1) is 0 Å². The maximum Gasteiger partial charge on any atom is 0.138 e. The minimum absolute atomic E-state index is 0.00660. The fourth-order valence-corrected chi connectivity index (χ4v) is 4.40. The monoisotopic (exact) mass is 309 g/mol. The fraction of sp³-hybridized carbons (Fsp3) is 0.533. The Morgan fingerprint density at radius 2 is 2.40 bits per heavy atom. The number of hydrogen-bond acceptors (Lipinski definition) is 4. The summed E-state index contributed by atoms with van der Waals surface area (Å²) >= 11 is 8.12. The molecule has 1 aromatic rings. The van der Waals surface area contributed by atoms with Gasteiger partial charge >= 0.3 is 0 Å². The highest BCUT2D eigenvalue weighted by Gasteiger charge is 2.41. The standard InChI is InChI=1S/C15H16ClNO2S/c16-13-7-11(9-17)1-2-14(13)19-12-3-5-18-15(8-12)4-6-20-10-15/h1-2,7,12H,3-6,8,10H2. The third-order valence-corrected chi connectivity index (χ3v) is 5.39. The molecule has 20 heavy (non-hydrogen) atoms. The molecule has 0 saturated carbocycles. The minimum Gasteiger partial charge on any atom is -0.489 e. The van der Waals surface area contributed by atoms with Gasteiger partial charge in [0.1, 0.15) is 11.9 Å². The average Bonchev–Trinajstić information content (AvgIpc) is 2.89. The maximum atomic E-state index is 8.85. The van der Waals surface area contributed by atoms with Gasteiger partial charge in [-0.3, -0.25) is 0 Å². The molecule has 2 unspecified atom stereocenters. The summed E-state index contributed by atoms with van der Waals surface area (Å²) in [6.07, 6.45) is 3.07. The molecule has 0 amide bonds. The molecule has 5 heteroatoms. The predicted octanol–water partition coefficient (Wildman–Crippen LogP) is 3.65. The average molecular weight is 310 g/mol. The highest BCUT2D eigenvalue weighted by Crippen LogP contribution is 2.40. The van der Waals surface area contributed by atoms with Crippen LogP contribution in [0, 0.1) is 11.3 Å². The van der Waals surface area contributed by atoms with Crippen LogP contribution >= 0.6 is 23.4 Å². The van der Waals surface area contributed by atoms with E-state index in [1.165, 1.54) is 5.75 Å². The Morgan fingerprint density at radius 1 is 1.50 bits per heavy atom. The van der Waals surface area contributed by atoms with Gasteiger partial charge in [0.15, 0.2) is 0 Å². The second kappa shape index (κ2) is 5.85. The first kappa shape index (κ1) is 14.1. The first-order valence-electron chi connectivity index (χ1n) is 6.79. The maximum absolute atomic E-state index is 8.85. The van der Waals surface area contributed by atoms with Crippen molar-refractivity contribution in [2.45, 2.75) is 31.0 Å². The van der Waals surface area contributed by atoms with Gasteiger partial charge in [0.25, 0.3) is 0 Å². The Morgan fingerprint density at radius 3 is 3.10 bits per heavy atom. The molecule has 106 valence electrons. The summed E-state index contributed by atoms with van der Waals surface area (Å²) in [4.78, 5) is 0. The molecular formula is C15H16ClNO2S. The normalized spacial score (nSPS) is 29.3. The van der Waals surface area contributed by atoms with E-state index in [-0.39, 0.29) is 11.7 Å². The number of hydrogen-bond donors (Lipinski definition) is 0. The van der Waals surface area contributed by atoms with Crippen LogP contribution in [-0.2, 0) is 4.74 Å². The second-order valence-electron chi connectivity index (χ2n) is 5.32. The largest absolute Gasteiger partial charge is 0.489 e. The van der Waals surface area contributed by atoms with Crippen LogP contribution in [0.15, 0.2) is 18.2 Å². The molecule has 0 radical (unpaired) electrons. The molecule has 3 rings (SSSR count). The van der Waals surface area contributed by atoms with E-state index in [0.29, 0.717) is 16.3 Å². The molecule has 3 nitrogen and oxygen atoms in total. The lowest BCUT2D eigenvalue weighted by atomic mass is 9.91. The van der Waals surface area contributed by atoms with Crippen LogP contribution in [0.4, 0.5) is 0 Å². The predicted molar refractivity (Wildman–Crippen MR) is 80.4 cm³/mol. The van der Waals surface area contributed by atoms with E-state index >= 15 is 0 Å². The van der Waals surface area contributed by atoms with E-state index < -0.39 is 0 Å². The van der Waals surface area contributed by atoms with Crippen LogP contribution < -0.4 is 4.74 Å². The van der Waals surface area contributed by atoms with Crippen molar-refractivity contribution in [3.8, 4) is 11.8 Å². The molecule has 2 atom stereocenters. The van der Waals surface area contributed by atoms with Crippen molar-refractivity contribution in [2.24, 2.45) is 0 Å². The van der Waals surface area contributed by atoms with Crippen LogP contribution in [0.1, 0.15) is 24.8 Å². The van der Waals surface area contributed by atoms with Crippen LogP contribution in [0.25, 0.3) is 0 Å². The SMILES string of the molecule is N#Cc1ccc(OC2CCOC3(CCSC3)C2)c(Cl)c1. The zero-order valence-electron chi connectivity index (χ0n) is 11.1. The number of nitriles is 1. The zero-order valence-corrected chi connectivity index (χ0v) is 12.7. The highest BCUT2D eigenvalue weighted by atomic mass is 35.5. The smallest absolute Gasteiger partial charge is 0.138 e. The topological polar surface area (TPSA) is 42.2 Å². The van der Waals surface area contributed by atoms with Crippen molar-refractivity contribution in [1.29, 1.82) is 5.26 Å². The van der Waals surface area contributed by atoms with Crippen molar-refractivity contribution in [3.63, 3.8) is 0 Å². The van der Waals surface area contributed by atoms with Gasteiger partial charge in [-0.05, 0) is 30.4 Å². The summed E-state index contributed by atoms with van der Waals surface area (Å²) in [5.74, 6) is 2.90. The fourth-order valence-electron chi connectivity index (χ4n) is 2.79. The summed E-state index contributed by atoms with van der Waals surface area (Å²) in [5.41, 5.74) is 0.560. The first-order valence-corrected chi connectivity index (χ1v) is 8.32. The molecule has 0 N–H and O–H groups in total. The molecule has 2 aliphatic heterocycles. The molecule has 2 aliphatic rings. The van der Waals surface area contributed by atoms with Crippen LogP contribution in [0.2, 0.25) is 5.02 Å². The number of rotatable bonds is 2.